The highest BCUT2D eigenvalue weighted by Gasteiger charge is 2.31. The molecule has 0 spiro atoms. The molecule has 0 aliphatic carbocycles. The van der Waals surface area contributed by atoms with Gasteiger partial charge in [-0.1, -0.05) is 11.6 Å². The molecule has 0 unspecified atom stereocenters. The molecule has 4 nitrogen and oxygen atoms in total. The summed E-state index contributed by atoms with van der Waals surface area (Å²) in [6.07, 6.45) is -3.56. The lowest BCUT2D eigenvalue weighted by Crippen LogP contribution is -2.32. The van der Waals surface area contributed by atoms with Crippen molar-refractivity contribution in [2.45, 2.75) is 19.1 Å². The van der Waals surface area contributed by atoms with Crippen molar-refractivity contribution in [3.63, 3.8) is 0 Å². The maximum Gasteiger partial charge on any atom is 0.416 e. The van der Waals surface area contributed by atoms with E-state index in [0.717, 1.165) is 41.7 Å². The van der Waals surface area contributed by atoms with Crippen molar-refractivity contribution in [3.05, 3.63) is 58.2 Å². The van der Waals surface area contributed by atoms with Gasteiger partial charge in [-0.2, -0.15) is 13.2 Å². The zero-order valence-corrected chi connectivity index (χ0v) is 15.7. The maximum absolute atomic E-state index is 13.1. The van der Waals surface area contributed by atoms with Crippen molar-refractivity contribution in [2.24, 2.45) is 7.05 Å². The van der Waals surface area contributed by atoms with Crippen LogP contribution in [-0.4, -0.2) is 21.1 Å². The Balaban J connectivity index is 1.54. The molecule has 2 aromatic carbocycles. The Labute approximate surface area is 163 Å². The fourth-order valence-electron chi connectivity index (χ4n) is 4.02. The number of fused-ring (bicyclic) bond motifs is 4. The van der Waals surface area contributed by atoms with Gasteiger partial charge in [-0.25, -0.2) is 4.98 Å². The number of alkyl halides is 3. The standard InChI is InChI=1S/C20H16ClF3N4/c1-27-18-8-11(20(22,23)24)2-4-16(18)26-19(27)28-7-6-13-14-9-12(21)3-5-15(14)25-17(13)10-28/h2-5,8-9,25H,6-7,10H2,1H3. The van der Waals surface area contributed by atoms with Gasteiger partial charge in [-0.3, -0.25) is 0 Å². The molecule has 28 heavy (non-hydrogen) atoms. The minimum atomic E-state index is -4.37. The predicted molar refractivity (Wildman–Crippen MR) is 104 cm³/mol. The van der Waals surface area contributed by atoms with Crippen LogP contribution in [0.15, 0.2) is 36.4 Å². The van der Waals surface area contributed by atoms with Crippen LogP contribution in [0.4, 0.5) is 19.1 Å². The van der Waals surface area contributed by atoms with E-state index in [2.05, 4.69) is 14.9 Å². The summed E-state index contributed by atoms with van der Waals surface area (Å²) in [5.74, 6) is 0.664. The first kappa shape index (κ1) is 17.4. The highest BCUT2D eigenvalue weighted by molar-refractivity contribution is 6.31. The minimum Gasteiger partial charge on any atom is -0.357 e. The second-order valence-corrected chi connectivity index (χ2v) is 7.55. The lowest BCUT2D eigenvalue weighted by atomic mass is 10.0. The number of aromatic amines is 1. The summed E-state index contributed by atoms with van der Waals surface area (Å²) in [6.45, 7) is 1.35. The van der Waals surface area contributed by atoms with Gasteiger partial charge in [0, 0.05) is 35.2 Å². The highest BCUT2D eigenvalue weighted by Crippen LogP contribution is 2.34. The van der Waals surface area contributed by atoms with Gasteiger partial charge >= 0.3 is 6.18 Å². The number of H-pyrrole nitrogens is 1. The van der Waals surface area contributed by atoms with Crippen molar-refractivity contribution in [2.75, 3.05) is 11.4 Å². The fourth-order valence-corrected chi connectivity index (χ4v) is 4.19. The van der Waals surface area contributed by atoms with Gasteiger partial charge in [0.05, 0.1) is 23.1 Å². The van der Waals surface area contributed by atoms with E-state index in [4.69, 9.17) is 11.6 Å². The van der Waals surface area contributed by atoms with Crippen LogP contribution in [0.3, 0.4) is 0 Å². The lowest BCUT2D eigenvalue weighted by molar-refractivity contribution is -0.137. The summed E-state index contributed by atoms with van der Waals surface area (Å²) in [6, 6.07) is 9.46. The molecule has 0 radical (unpaired) electrons. The number of imidazole rings is 1. The molecule has 0 saturated heterocycles. The third-order valence-electron chi connectivity index (χ3n) is 5.40. The number of nitrogens with zero attached hydrogens (tertiary/aromatic N) is 3. The Hall–Kier alpha value is -2.67. The lowest BCUT2D eigenvalue weighted by Gasteiger charge is -2.28. The average Bonchev–Trinajstić information content (AvgIpc) is 3.17. The van der Waals surface area contributed by atoms with Crippen LogP contribution in [0, 0.1) is 0 Å². The molecule has 4 aromatic rings. The molecule has 0 fully saturated rings. The Morgan fingerprint density at radius 2 is 1.96 bits per heavy atom. The van der Waals surface area contributed by atoms with E-state index in [1.165, 1.54) is 11.6 Å². The molecule has 5 rings (SSSR count). The third kappa shape index (κ3) is 2.64. The van der Waals surface area contributed by atoms with Crippen LogP contribution in [0.2, 0.25) is 5.02 Å². The van der Waals surface area contributed by atoms with Crippen molar-refractivity contribution < 1.29 is 13.2 Å². The van der Waals surface area contributed by atoms with E-state index in [0.29, 0.717) is 28.5 Å². The first-order valence-corrected chi connectivity index (χ1v) is 9.26. The molecule has 0 saturated carbocycles. The molecule has 8 heteroatoms. The van der Waals surface area contributed by atoms with Crippen LogP contribution in [-0.2, 0) is 26.2 Å². The van der Waals surface area contributed by atoms with Gasteiger partial charge in [0.25, 0.3) is 0 Å². The van der Waals surface area contributed by atoms with E-state index in [1.807, 2.05) is 18.2 Å². The average molecular weight is 405 g/mol. The van der Waals surface area contributed by atoms with Crippen LogP contribution < -0.4 is 4.90 Å². The molecule has 144 valence electrons. The van der Waals surface area contributed by atoms with Crippen LogP contribution in [0.1, 0.15) is 16.8 Å². The van der Waals surface area contributed by atoms with E-state index in [9.17, 15) is 13.2 Å². The fraction of sp³-hybridized carbons (Fsp3) is 0.250. The summed E-state index contributed by atoms with van der Waals surface area (Å²) < 4.78 is 40.9. The highest BCUT2D eigenvalue weighted by atomic mass is 35.5. The molecule has 3 heterocycles. The quantitative estimate of drug-likeness (QED) is 0.468. The van der Waals surface area contributed by atoms with E-state index in [1.54, 1.807) is 11.6 Å². The Morgan fingerprint density at radius 1 is 1.14 bits per heavy atom. The minimum absolute atomic E-state index is 0.471. The van der Waals surface area contributed by atoms with Crippen LogP contribution in [0.25, 0.3) is 21.9 Å². The number of aryl methyl sites for hydroxylation is 1. The summed E-state index contributed by atoms with van der Waals surface area (Å²) in [5.41, 5.74) is 3.73. The van der Waals surface area contributed by atoms with Crippen molar-refractivity contribution in [1.29, 1.82) is 0 Å². The molecule has 0 bridgehead atoms. The van der Waals surface area contributed by atoms with E-state index >= 15 is 0 Å². The van der Waals surface area contributed by atoms with Gasteiger partial charge in [0.15, 0.2) is 0 Å². The zero-order chi connectivity index (χ0) is 19.6. The first-order valence-electron chi connectivity index (χ1n) is 8.89. The third-order valence-corrected chi connectivity index (χ3v) is 5.64. The predicted octanol–water partition coefficient (Wildman–Crippen LogP) is 5.29. The monoisotopic (exact) mass is 404 g/mol. The molecule has 2 aromatic heterocycles. The smallest absolute Gasteiger partial charge is 0.357 e. The van der Waals surface area contributed by atoms with E-state index in [-0.39, 0.29) is 0 Å². The maximum atomic E-state index is 13.1. The topological polar surface area (TPSA) is 36.9 Å². The Bertz CT molecular complexity index is 1220. The summed E-state index contributed by atoms with van der Waals surface area (Å²) in [4.78, 5) is 10.1. The number of anilines is 1. The van der Waals surface area contributed by atoms with Crippen molar-refractivity contribution >= 4 is 39.5 Å². The first-order chi connectivity index (χ1) is 13.3. The number of hydrogen-bond donors (Lipinski definition) is 1. The summed E-state index contributed by atoms with van der Waals surface area (Å²) in [7, 11) is 1.76. The number of aromatic nitrogens is 3. The van der Waals surface area contributed by atoms with Gasteiger partial charge in [0.2, 0.25) is 5.95 Å². The Morgan fingerprint density at radius 3 is 2.75 bits per heavy atom. The van der Waals surface area contributed by atoms with Gasteiger partial charge in [-0.15, -0.1) is 0 Å². The summed E-state index contributed by atoms with van der Waals surface area (Å²) in [5, 5.41) is 1.83. The van der Waals surface area contributed by atoms with Crippen LogP contribution >= 0.6 is 11.6 Å². The normalized spacial score (nSPS) is 14.8. The molecule has 1 N–H and O–H groups in total. The number of nitrogens with one attached hydrogen (secondary N) is 1. The van der Waals surface area contributed by atoms with Gasteiger partial charge < -0.3 is 14.5 Å². The number of rotatable bonds is 1. The largest absolute Gasteiger partial charge is 0.416 e. The SMILES string of the molecule is Cn1c(N2CCc3c([nH]c4ccc(Cl)cc34)C2)nc2ccc(C(F)(F)F)cc21. The molecular weight excluding hydrogens is 389 g/mol. The van der Waals surface area contributed by atoms with Crippen LogP contribution in [0.5, 0.6) is 0 Å². The molecule has 1 aliphatic rings. The molecule has 0 amide bonds. The molecule has 1 aliphatic heterocycles. The number of hydrogen-bond acceptors (Lipinski definition) is 2. The molecular formula is C20H16ClF3N4. The second-order valence-electron chi connectivity index (χ2n) is 7.12. The number of benzene rings is 2. The summed E-state index contributed by atoms with van der Waals surface area (Å²) >= 11 is 6.14. The zero-order valence-electron chi connectivity index (χ0n) is 14.9. The number of halogens is 4. The Kier molecular flexibility index (Phi) is 3.68. The molecule has 0 atom stereocenters. The van der Waals surface area contributed by atoms with Gasteiger partial charge in [-0.05, 0) is 48.4 Å². The van der Waals surface area contributed by atoms with E-state index < -0.39 is 11.7 Å². The van der Waals surface area contributed by atoms with Crippen molar-refractivity contribution in [3.8, 4) is 0 Å². The van der Waals surface area contributed by atoms with Crippen molar-refractivity contribution in [1.82, 2.24) is 14.5 Å². The second kappa shape index (κ2) is 5.91. The van der Waals surface area contributed by atoms with Gasteiger partial charge in [0.1, 0.15) is 0 Å².